The third kappa shape index (κ3) is 5.34. The SMILES string of the molecule is COc1nn(-c2ccc(F)c(CC(N)=O)c2)c(=O)n(Cc2ccc(C(F)(F)F)c(N(C)C)c2)c1=O. The molecule has 1 heterocycles. The van der Waals surface area contributed by atoms with Crippen molar-refractivity contribution in [2.45, 2.75) is 19.1 Å². The fraction of sp³-hybridized carbons (Fsp3) is 0.273. The number of anilines is 1. The van der Waals surface area contributed by atoms with Crippen LogP contribution in [0.25, 0.3) is 5.69 Å². The molecule has 3 aromatic rings. The lowest BCUT2D eigenvalue weighted by Crippen LogP contribution is -2.41. The Bertz CT molecular complexity index is 1400. The van der Waals surface area contributed by atoms with E-state index in [-0.39, 0.29) is 22.5 Å². The molecule has 9 nitrogen and oxygen atoms in total. The molecular weight excluding hydrogens is 474 g/mol. The Balaban J connectivity index is 2.16. The number of nitrogens with two attached hydrogens (primary N) is 1. The summed E-state index contributed by atoms with van der Waals surface area (Å²) >= 11 is 0. The molecule has 0 unspecified atom stereocenters. The maximum atomic E-state index is 14.1. The molecule has 0 saturated heterocycles. The zero-order valence-corrected chi connectivity index (χ0v) is 18.9. The van der Waals surface area contributed by atoms with Gasteiger partial charge < -0.3 is 15.4 Å². The van der Waals surface area contributed by atoms with Crippen LogP contribution in [0.2, 0.25) is 0 Å². The van der Waals surface area contributed by atoms with Gasteiger partial charge in [0.05, 0.1) is 31.3 Å². The standard InChI is InChI=1S/C22H21F4N5O4/c1-29(2)17-8-12(4-6-15(17)22(24,25)26)11-30-20(33)19(35-3)28-31(21(30)34)14-5-7-16(23)13(9-14)10-18(27)32/h4-9H,10-11H2,1-3H3,(H2,27,32). The van der Waals surface area contributed by atoms with Crippen LogP contribution < -0.4 is 26.6 Å². The van der Waals surface area contributed by atoms with Crippen molar-refractivity contribution in [1.29, 1.82) is 0 Å². The number of alkyl halides is 3. The van der Waals surface area contributed by atoms with Crippen LogP contribution in [-0.2, 0) is 23.9 Å². The van der Waals surface area contributed by atoms with E-state index in [4.69, 9.17) is 10.5 Å². The quantitative estimate of drug-likeness (QED) is 0.500. The van der Waals surface area contributed by atoms with E-state index in [0.717, 1.165) is 34.6 Å². The van der Waals surface area contributed by atoms with E-state index in [1.807, 2.05) is 0 Å². The molecule has 0 bridgehead atoms. The average Bonchev–Trinajstić information content (AvgIpc) is 2.77. The Morgan fingerprint density at radius 1 is 1.14 bits per heavy atom. The number of rotatable bonds is 7. The first kappa shape index (κ1) is 25.5. The fourth-order valence-corrected chi connectivity index (χ4v) is 3.41. The van der Waals surface area contributed by atoms with Crippen LogP contribution >= 0.6 is 0 Å². The van der Waals surface area contributed by atoms with Gasteiger partial charge in [0, 0.05) is 19.8 Å². The van der Waals surface area contributed by atoms with Gasteiger partial charge in [-0.05, 0) is 41.5 Å². The third-order valence-electron chi connectivity index (χ3n) is 5.05. The maximum absolute atomic E-state index is 14.1. The number of primary amides is 1. The van der Waals surface area contributed by atoms with Gasteiger partial charge in [0.25, 0.3) is 5.88 Å². The summed E-state index contributed by atoms with van der Waals surface area (Å²) in [4.78, 5) is 38.4. The highest BCUT2D eigenvalue weighted by molar-refractivity contribution is 5.76. The number of carbonyl (C=O) groups is 1. The fourth-order valence-electron chi connectivity index (χ4n) is 3.41. The molecule has 186 valence electrons. The summed E-state index contributed by atoms with van der Waals surface area (Å²) in [5.74, 6) is -2.02. The number of ether oxygens (including phenoxy) is 1. The summed E-state index contributed by atoms with van der Waals surface area (Å²) in [5, 5.41) is 3.86. The number of halogens is 4. The van der Waals surface area contributed by atoms with Crippen molar-refractivity contribution in [3.05, 3.63) is 79.7 Å². The Kier molecular flexibility index (Phi) is 6.99. The minimum atomic E-state index is -4.60. The molecule has 0 aliphatic rings. The number of carbonyl (C=O) groups excluding carboxylic acids is 1. The molecule has 0 saturated carbocycles. The average molecular weight is 495 g/mol. The highest BCUT2D eigenvalue weighted by Crippen LogP contribution is 2.36. The number of aromatic nitrogens is 3. The molecule has 2 aromatic carbocycles. The molecule has 1 amide bonds. The van der Waals surface area contributed by atoms with Gasteiger partial charge in [0.2, 0.25) is 5.91 Å². The van der Waals surface area contributed by atoms with Crippen molar-refractivity contribution in [1.82, 2.24) is 14.3 Å². The van der Waals surface area contributed by atoms with E-state index in [0.29, 0.717) is 0 Å². The van der Waals surface area contributed by atoms with Crippen molar-refractivity contribution in [3.63, 3.8) is 0 Å². The molecule has 0 fully saturated rings. The maximum Gasteiger partial charge on any atom is 0.418 e. The van der Waals surface area contributed by atoms with Gasteiger partial charge >= 0.3 is 17.4 Å². The molecular formula is C22H21F4N5O4. The van der Waals surface area contributed by atoms with Crippen molar-refractivity contribution < 1.29 is 27.1 Å². The Labute approximate surface area is 196 Å². The van der Waals surface area contributed by atoms with Crippen LogP contribution in [0, 0.1) is 5.82 Å². The van der Waals surface area contributed by atoms with Crippen LogP contribution in [0.15, 0.2) is 46.0 Å². The minimum absolute atomic E-state index is 0.0149. The van der Waals surface area contributed by atoms with E-state index < -0.39 is 53.6 Å². The van der Waals surface area contributed by atoms with Crippen molar-refractivity contribution in [2.75, 3.05) is 26.1 Å². The van der Waals surface area contributed by atoms with Crippen LogP contribution in [0.4, 0.5) is 23.2 Å². The summed E-state index contributed by atoms with van der Waals surface area (Å²) in [7, 11) is 4.01. The monoisotopic (exact) mass is 495 g/mol. The lowest BCUT2D eigenvalue weighted by molar-refractivity contribution is -0.137. The number of hydrogen-bond acceptors (Lipinski definition) is 6. The molecule has 35 heavy (non-hydrogen) atoms. The zero-order valence-electron chi connectivity index (χ0n) is 18.9. The molecule has 3 rings (SSSR count). The number of methoxy groups -OCH3 is 1. The third-order valence-corrected chi connectivity index (χ3v) is 5.05. The van der Waals surface area contributed by atoms with Crippen LogP contribution in [0.5, 0.6) is 5.88 Å². The van der Waals surface area contributed by atoms with Crippen LogP contribution in [-0.4, -0.2) is 41.5 Å². The van der Waals surface area contributed by atoms with E-state index in [1.165, 1.54) is 37.2 Å². The van der Waals surface area contributed by atoms with Gasteiger partial charge in [0.15, 0.2) is 0 Å². The molecule has 0 aliphatic carbocycles. The van der Waals surface area contributed by atoms with E-state index in [2.05, 4.69) is 5.10 Å². The highest BCUT2D eigenvalue weighted by Gasteiger charge is 2.34. The first-order valence-electron chi connectivity index (χ1n) is 10.1. The van der Waals surface area contributed by atoms with Crippen molar-refractivity contribution >= 4 is 11.6 Å². The number of benzene rings is 2. The largest absolute Gasteiger partial charge is 0.476 e. The number of amides is 1. The van der Waals surface area contributed by atoms with E-state index in [9.17, 15) is 31.9 Å². The van der Waals surface area contributed by atoms with Gasteiger partial charge in [-0.15, -0.1) is 5.10 Å². The van der Waals surface area contributed by atoms with Gasteiger partial charge in [-0.2, -0.15) is 17.9 Å². The summed E-state index contributed by atoms with van der Waals surface area (Å²) in [6.07, 6.45) is -5.04. The van der Waals surface area contributed by atoms with Gasteiger partial charge in [0.1, 0.15) is 5.82 Å². The molecule has 2 N–H and O–H groups in total. The minimum Gasteiger partial charge on any atom is -0.476 e. The number of nitrogens with zero attached hydrogens (tertiary/aromatic N) is 4. The van der Waals surface area contributed by atoms with Crippen molar-refractivity contribution in [3.8, 4) is 11.6 Å². The van der Waals surface area contributed by atoms with Crippen LogP contribution in [0.1, 0.15) is 16.7 Å². The number of hydrogen-bond donors (Lipinski definition) is 1. The second-order valence-electron chi connectivity index (χ2n) is 7.76. The summed E-state index contributed by atoms with van der Waals surface area (Å²) in [5.41, 5.74) is 2.37. The summed E-state index contributed by atoms with van der Waals surface area (Å²) in [6, 6.07) is 6.61. The molecule has 1 aromatic heterocycles. The lowest BCUT2D eigenvalue weighted by Gasteiger charge is -2.20. The van der Waals surface area contributed by atoms with Gasteiger partial charge in [-0.1, -0.05) is 6.07 Å². The normalized spacial score (nSPS) is 11.4. The predicted octanol–water partition coefficient (Wildman–Crippen LogP) is 1.70. The van der Waals surface area contributed by atoms with Gasteiger partial charge in [-0.3, -0.25) is 9.59 Å². The highest BCUT2D eigenvalue weighted by atomic mass is 19.4. The second-order valence-corrected chi connectivity index (χ2v) is 7.76. The smallest absolute Gasteiger partial charge is 0.418 e. The second kappa shape index (κ2) is 9.60. The van der Waals surface area contributed by atoms with Gasteiger partial charge in [-0.25, -0.2) is 13.8 Å². The topological polar surface area (TPSA) is 112 Å². The molecule has 0 spiro atoms. The predicted molar refractivity (Wildman–Crippen MR) is 118 cm³/mol. The zero-order chi connectivity index (χ0) is 26.1. The summed E-state index contributed by atoms with van der Waals surface area (Å²) in [6.45, 7) is -0.398. The molecule has 0 aliphatic heterocycles. The molecule has 13 heteroatoms. The Hall–Kier alpha value is -4.16. The Morgan fingerprint density at radius 3 is 2.40 bits per heavy atom. The molecule has 0 atom stereocenters. The molecule has 0 radical (unpaired) electrons. The Morgan fingerprint density at radius 2 is 1.83 bits per heavy atom. The van der Waals surface area contributed by atoms with E-state index >= 15 is 0 Å². The lowest BCUT2D eigenvalue weighted by atomic mass is 10.1. The van der Waals surface area contributed by atoms with Crippen molar-refractivity contribution in [2.24, 2.45) is 5.73 Å². The first-order valence-corrected chi connectivity index (χ1v) is 10.1. The summed E-state index contributed by atoms with van der Waals surface area (Å²) < 4.78 is 60.6. The first-order chi connectivity index (χ1) is 16.3. The van der Waals surface area contributed by atoms with Crippen LogP contribution in [0.3, 0.4) is 0 Å². The van der Waals surface area contributed by atoms with E-state index in [1.54, 1.807) is 0 Å².